The second-order valence-electron chi connectivity index (χ2n) is 6.52. The van der Waals surface area contributed by atoms with Crippen LogP contribution in [0.5, 0.6) is 11.6 Å². The number of ether oxygens (including phenoxy) is 1. The van der Waals surface area contributed by atoms with Gasteiger partial charge in [0.05, 0.1) is 5.56 Å². The third-order valence-corrected chi connectivity index (χ3v) is 4.68. The lowest BCUT2D eigenvalue weighted by molar-refractivity contribution is -0.137. The number of carbonyl (C=O) groups is 1. The average Bonchev–Trinajstić information content (AvgIpc) is 3.09. The first-order valence-corrected chi connectivity index (χ1v) is 8.69. The van der Waals surface area contributed by atoms with Crippen LogP contribution in [0.1, 0.15) is 35.2 Å². The highest BCUT2D eigenvalue weighted by Gasteiger charge is 2.31. The van der Waals surface area contributed by atoms with Crippen molar-refractivity contribution in [2.24, 2.45) is 11.7 Å². The summed E-state index contributed by atoms with van der Waals surface area (Å²) in [6, 6.07) is 8.49. The second-order valence-corrected chi connectivity index (χ2v) is 6.52. The lowest BCUT2D eigenvalue weighted by Gasteiger charge is -2.19. The third kappa shape index (κ3) is 6.48. The Morgan fingerprint density at radius 3 is 2.38 bits per heavy atom. The molecular weight excluding hydrogens is 430 g/mol. The van der Waals surface area contributed by atoms with Gasteiger partial charge >= 0.3 is 6.18 Å². The summed E-state index contributed by atoms with van der Waals surface area (Å²) >= 11 is 0. The number of nitrogens with one attached hydrogen (secondary N) is 1. The van der Waals surface area contributed by atoms with Gasteiger partial charge in [0.1, 0.15) is 5.75 Å². The standard InChI is InChI=1S/C19H20F3N3O2.2ClH/c20-19(21,22)14-6-9-17(24-11-14)27-15-7-4-12(5-8-15)18(26)25-16-3-1-2-13(16)10-23;;/h4-9,11,13,16H,1-3,10,23H2,(H,25,26);2*1H. The molecule has 1 fully saturated rings. The van der Waals surface area contributed by atoms with Crippen molar-refractivity contribution in [1.82, 2.24) is 10.3 Å². The van der Waals surface area contributed by atoms with E-state index in [4.69, 9.17) is 10.5 Å². The van der Waals surface area contributed by atoms with E-state index in [1.807, 2.05) is 0 Å². The van der Waals surface area contributed by atoms with Crippen LogP contribution in [0.25, 0.3) is 0 Å². The second kappa shape index (κ2) is 10.7. The van der Waals surface area contributed by atoms with Crippen molar-refractivity contribution in [3.8, 4) is 11.6 Å². The summed E-state index contributed by atoms with van der Waals surface area (Å²) in [5, 5.41) is 3.01. The van der Waals surface area contributed by atoms with Crippen LogP contribution < -0.4 is 15.8 Å². The van der Waals surface area contributed by atoms with E-state index in [9.17, 15) is 18.0 Å². The van der Waals surface area contributed by atoms with Crippen molar-refractivity contribution in [3.05, 3.63) is 53.7 Å². The molecule has 1 aliphatic rings. The Hall–Kier alpha value is -2.03. The van der Waals surface area contributed by atoms with Gasteiger partial charge in [0.25, 0.3) is 5.91 Å². The molecule has 10 heteroatoms. The molecule has 1 aromatic heterocycles. The number of carbonyl (C=O) groups excluding carboxylic acids is 1. The molecule has 1 amide bonds. The number of benzene rings is 1. The van der Waals surface area contributed by atoms with Crippen molar-refractivity contribution < 1.29 is 22.7 Å². The summed E-state index contributed by atoms with van der Waals surface area (Å²) in [6.07, 6.45) is -0.724. The van der Waals surface area contributed by atoms with Crippen LogP contribution in [0, 0.1) is 5.92 Å². The van der Waals surface area contributed by atoms with Crippen molar-refractivity contribution in [3.63, 3.8) is 0 Å². The van der Waals surface area contributed by atoms with Gasteiger partial charge in [-0.25, -0.2) is 4.98 Å². The topological polar surface area (TPSA) is 77.2 Å². The Morgan fingerprint density at radius 1 is 1.14 bits per heavy atom. The van der Waals surface area contributed by atoms with E-state index in [0.29, 0.717) is 30.0 Å². The average molecular weight is 452 g/mol. The summed E-state index contributed by atoms with van der Waals surface area (Å²) < 4.78 is 43.0. The summed E-state index contributed by atoms with van der Waals surface area (Å²) in [6.45, 7) is 0.553. The molecule has 1 aliphatic carbocycles. The predicted octanol–water partition coefficient (Wildman–Crippen LogP) is 4.59. The van der Waals surface area contributed by atoms with Gasteiger partial charge in [-0.05, 0) is 55.6 Å². The fraction of sp³-hybridized carbons (Fsp3) is 0.368. The molecule has 0 bridgehead atoms. The zero-order chi connectivity index (χ0) is 19.4. The monoisotopic (exact) mass is 451 g/mol. The molecule has 0 aliphatic heterocycles. The number of hydrogen-bond acceptors (Lipinski definition) is 4. The molecule has 5 nitrogen and oxygen atoms in total. The molecule has 2 unspecified atom stereocenters. The molecule has 0 saturated heterocycles. The van der Waals surface area contributed by atoms with Crippen molar-refractivity contribution in [2.75, 3.05) is 6.54 Å². The van der Waals surface area contributed by atoms with Gasteiger partial charge in [-0.15, -0.1) is 24.8 Å². The number of hydrogen-bond donors (Lipinski definition) is 2. The molecule has 0 radical (unpaired) electrons. The van der Waals surface area contributed by atoms with Gasteiger partial charge in [-0.3, -0.25) is 4.79 Å². The first-order valence-electron chi connectivity index (χ1n) is 8.69. The van der Waals surface area contributed by atoms with Crippen LogP contribution in [0.2, 0.25) is 0 Å². The minimum absolute atomic E-state index is 0. The largest absolute Gasteiger partial charge is 0.439 e. The normalized spacial score (nSPS) is 18.3. The highest BCUT2D eigenvalue weighted by atomic mass is 35.5. The van der Waals surface area contributed by atoms with Gasteiger partial charge < -0.3 is 15.8 Å². The minimum atomic E-state index is -4.44. The van der Waals surface area contributed by atoms with Crippen LogP contribution in [0.4, 0.5) is 13.2 Å². The number of alkyl halides is 3. The zero-order valence-electron chi connectivity index (χ0n) is 15.3. The van der Waals surface area contributed by atoms with Crippen LogP contribution in [-0.4, -0.2) is 23.5 Å². The van der Waals surface area contributed by atoms with Gasteiger partial charge in [0.2, 0.25) is 5.88 Å². The Kier molecular flexibility index (Phi) is 9.19. The van der Waals surface area contributed by atoms with Crippen molar-refractivity contribution in [2.45, 2.75) is 31.5 Å². The molecule has 160 valence electrons. The van der Waals surface area contributed by atoms with Gasteiger partial charge in [0, 0.05) is 23.9 Å². The molecule has 29 heavy (non-hydrogen) atoms. The number of amides is 1. The van der Waals surface area contributed by atoms with E-state index in [-0.39, 0.29) is 42.6 Å². The molecule has 2 atom stereocenters. The molecule has 1 saturated carbocycles. The Labute approximate surface area is 179 Å². The quantitative estimate of drug-likeness (QED) is 0.696. The highest BCUT2D eigenvalue weighted by molar-refractivity contribution is 5.94. The Morgan fingerprint density at radius 2 is 1.83 bits per heavy atom. The molecule has 2 aromatic rings. The minimum Gasteiger partial charge on any atom is -0.439 e. The van der Waals surface area contributed by atoms with Crippen molar-refractivity contribution >= 4 is 30.7 Å². The predicted molar refractivity (Wildman–Crippen MR) is 108 cm³/mol. The Bertz CT molecular complexity index is 787. The van der Waals surface area contributed by atoms with Crippen LogP contribution in [0.3, 0.4) is 0 Å². The lowest BCUT2D eigenvalue weighted by Crippen LogP contribution is -2.39. The smallest absolute Gasteiger partial charge is 0.417 e. The fourth-order valence-corrected chi connectivity index (χ4v) is 3.16. The zero-order valence-corrected chi connectivity index (χ0v) is 16.9. The van der Waals surface area contributed by atoms with Crippen LogP contribution >= 0.6 is 24.8 Å². The van der Waals surface area contributed by atoms with E-state index in [1.54, 1.807) is 24.3 Å². The highest BCUT2D eigenvalue weighted by Crippen LogP contribution is 2.30. The maximum absolute atomic E-state index is 12.5. The summed E-state index contributed by atoms with van der Waals surface area (Å²) in [4.78, 5) is 16.0. The molecule has 1 heterocycles. The molecule has 3 N–H and O–H groups in total. The maximum atomic E-state index is 12.5. The van der Waals surface area contributed by atoms with E-state index < -0.39 is 11.7 Å². The Balaban J connectivity index is 0.00000210. The SMILES string of the molecule is Cl.Cl.NCC1CCCC1NC(=O)c1ccc(Oc2ccc(C(F)(F)F)cn2)cc1. The van der Waals surface area contributed by atoms with E-state index in [2.05, 4.69) is 10.3 Å². The summed E-state index contributed by atoms with van der Waals surface area (Å²) in [5.41, 5.74) is 5.36. The van der Waals surface area contributed by atoms with E-state index >= 15 is 0 Å². The molecule has 1 aromatic carbocycles. The first kappa shape index (κ1) is 25.0. The maximum Gasteiger partial charge on any atom is 0.417 e. The number of nitrogens with two attached hydrogens (primary N) is 1. The van der Waals surface area contributed by atoms with Crippen LogP contribution in [0.15, 0.2) is 42.6 Å². The lowest BCUT2D eigenvalue weighted by atomic mass is 10.0. The number of aromatic nitrogens is 1. The van der Waals surface area contributed by atoms with E-state index in [1.165, 1.54) is 0 Å². The molecule has 0 spiro atoms. The number of rotatable bonds is 5. The third-order valence-electron chi connectivity index (χ3n) is 4.68. The molecule has 3 rings (SSSR count). The van der Waals surface area contributed by atoms with Crippen LogP contribution in [-0.2, 0) is 6.18 Å². The van der Waals surface area contributed by atoms with Crippen molar-refractivity contribution in [1.29, 1.82) is 0 Å². The number of pyridine rings is 1. The first-order chi connectivity index (χ1) is 12.9. The fourth-order valence-electron chi connectivity index (χ4n) is 3.16. The van der Waals surface area contributed by atoms with Gasteiger partial charge in [-0.1, -0.05) is 6.42 Å². The number of halogens is 5. The summed E-state index contributed by atoms with van der Waals surface area (Å²) in [7, 11) is 0. The number of nitrogens with zero attached hydrogens (tertiary/aromatic N) is 1. The van der Waals surface area contributed by atoms with Gasteiger partial charge in [-0.2, -0.15) is 13.2 Å². The van der Waals surface area contributed by atoms with Gasteiger partial charge in [0.15, 0.2) is 0 Å². The van der Waals surface area contributed by atoms with E-state index in [0.717, 1.165) is 31.4 Å². The molecular formula is C19H22Cl2F3N3O2. The summed E-state index contributed by atoms with van der Waals surface area (Å²) in [5.74, 6) is 0.540.